The van der Waals surface area contributed by atoms with Gasteiger partial charge in [-0.3, -0.25) is 0 Å². The van der Waals surface area contributed by atoms with Crippen LogP contribution in [-0.4, -0.2) is 57.7 Å². The molecule has 1 atom stereocenters. The number of anilines is 1. The molecule has 0 saturated carbocycles. The molecule has 2 aromatic rings. The minimum Gasteiger partial charge on any atom is -0.444 e. The zero-order valence-corrected chi connectivity index (χ0v) is 17.2. The van der Waals surface area contributed by atoms with Gasteiger partial charge in [-0.05, 0) is 56.2 Å². The van der Waals surface area contributed by atoms with Gasteiger partial charge in [0.15, 0.2) is 5.65 Å². The zero-order chi connectivity index (χ0) is 18.2. The van der Waals surface area contributed by atoms with Crippen LogP contribution in [0.1, 0.15) is 33.6 Å². The van der Waals surface area contributed by atoms with Crippen LogP contribution in [0.25, 0.3) is 11.2 Å². The maximum absolute atomic E-state index is 12.3. The topological polar surface area (TPSA) is 74.3 Å². The number of amides is 1. The molecular weight excluding hydrogens is 433 g/mol. The second-order valence-corrected chi connectivity index (χ2v) is 8.56. The number of ether oxygens (including phenoxy) is 1. The molecule has 3 rings (SSSR count). The first kappa shape index (κ1) is 18.2. The quantitative estimate of drug-likeness (QED) is 0.700. The molecule has 0 radical (unpaired) electrons. The monoisotopic (exact) mass is 457 g/mol. The number of likely N-dealkylation sites (N-methyl/N-ethyl adjacent to an activating group) is 1. The van der Waals surface area contributed by atoms with Crippen molar-refractivity contribution in [3.05, 3.63) is 16.0 Å². The third-order valence-electron chi connectivity index (χ3n) is 4.27. The second kappa shape index (κ2) is 6.97. The standard InChI is InChI=1S/C17H24IN5O2/c1-17(2,3)25-16(24)22(4)11-6-5-7-23(10-11)13-9-20-15-14(21-13)12(18)8-19-15/h8-9,11H,5-7,10H2,1-4H3,(H,19,20). The van der Waals surface area contributed by atoms with Gasteiger partial charge in [0.1, 0.15) is 16.9 Å². The minimum absolute atomic E-state index is 0.103. The fourth-order valence-corrected chi connectivity index (χ4v) is 3.50. The summed E-state index contributed by atoms with van der Waals surface area (Å²) in [4.78, 5) is 28.6. The van der Waals surface area contributed by atoms with E-state index >= 15 is 0 Å². The zero-order valence-electron chi connectivity index (χ0n) is 15.0. The lowest BCUT2D eigenvalue weighted by Gasteiger charge is -2.38. The van der Waals surface area contributed by atoms with Crippen molar-refractivity contribution in [1.82, 2.24) is 19.9 Å². The van der Waals surface area contributed by atoms with Crippen LogP contribution in [0, 0.1) is 3.57 Å². The summed E-state index contributed by atoms with van der Waals surface area (Å²) in [5.41, 5.74) is 1.20. The average molecular weight is 457 g/mol. The Bertz CT molecular complexity index is 770. The number of hydrogen-bond donors (Lipinski definition) is 1. The van der Waals surface area contributed by atoms with E-state index in [9.17, 15) is 4.79 Å². The van der Waals surface area contributed by atoms with Gasteiger partial charge in [-0.15, -0.1) is 0 Å². The first-order chi connectivity index (χ1) is 11.7. The number of fused-ring (bicyclic) bond motifs is 1. The maximum Gasteiger partial charge on any atom is 0.410 e. The molecule has 1 unspecified atom stereocenters. The van der Waals surface area contributed by atoms with Crippen LogP contribution >= 0.6 is 22.6 Å². The Labute approximate surface area is 161 Å². The lowest BCUT2D eigenvalue weighted by molar-refractivity contribution is 0.0209. The second-order valence-electron chi connectivity index (χ2n) is 7.40. The maximum atomic E-state index is 12.3. The summed E-state index contributed by atoms with van der Waals surface area (Å²) < 4.78 is 6.55. The highest BCUT2D eigenvalue weighted by Crippen LogP contribution is 2.24. The van der Waals surface area contributed by atoms with Gasteiger partial charge >= 0.3 is 6.09 Å². The number of aromatic amines is 1. The van der Waals surface area contributed by atoms with Gasteiger partial charge in [-0.1, -0.05) is 0 Å². The molecule has 25 heavy (non-hydrogen) atoms. The van der Waals surface area contributed by atoms with E-state index in [1.807, 2.05) is 34.0 Å². The number of nitrogens with zero attached hydrogens (tertiary/aromatic N) is 4. The molecular formula is C17H24IN5O2. The van der Waals surface area contributed by atoms with Crippen LogP contribution in [0.2, 0.25) is 0 Å². The van der Waals surface area contributed by atoms with Gasteiger partial charge in [0.25, 0.3) is 0 Å². The summed E-state index contributed by atoms with van der Waals surface area (Å²) in [5, 5.41) is 0. The summed E-state index contributed by atoms with van der Waals surface area (Å²) >= 11 is 2.25. The van der Waals surface area contributed by atoms with Crippen molar-refractivity contribution in [2.45, 2.75) is 45.3 Å². The van der Waals surface area contributed by atoms with Crippen molar-refractivity contribution in [3.63, 3.8) is 0 Å². The van der Waals surface area contributed by atoms with Crippen LogP contribution in [0.5, 0.6) is 0 Å². The number of hydrogen-bond acceptors (Lipinski definition) is 5. The SMILES string of the molecule is CN(C(=O)OC(C)(C)C)C1CCCN(c2cnc3[nH]cc(I)c3n2)C1. The fraction of sp³-hybridized carbons (Fsp3) is 0.588. The summed E-state index contributed by atoms with van der Waals surface area (Å²) in [5.74, 6) is 0.854. The largest absolute Gasteiger partial charge is 0.444 e. The molecule has 2 aromatic heterocycles. The van der Waals surface area contributed by atoms with Crippen LogP contribution in [0.3, 0.4) is 0 Å². The van der Waals surface area contributed by atoms with E-state index in [1.54, 1.807) is 11.1 Å². The molecule has 1 fully saturated rings. The van der Waals surface area contributed by atoms with Gasteiger partial charge in [0, 0.05) is 26.3 Å². The number of aromatic nitrogens is 3. The van der Waals surface area contributed by atoms with Crippen molar-refractivity contribution >= 4 is 45.7 Å². The van der Waals surface area contributed by atoms with Crippen molar-refractivity contribution in [2.24, 2.45) is 0 Å². The Morgan fingerprint density at radius 1 is 1.48 bits per heavy atom. The van der Waals surface area contributed by atoms with Crippen LogP contribution in [0.15, 0.2) is 12.4 Å². The Kier molecular flexibility index (Phi) is 5.08. The van der Waals surface area contributed by atoms with E-state index in [0.29, 0.717) is 0 Å². The number of rotatable bonds is 2. The first-order valence-corrected chi connectivity index (χ1v) is 9.53. The number of carbonyl (C=O) groups excluding carboxylic acids is 1. The molecule has 1 saturated heterocycles. The molecule has 3 heterocycles. The lowest BCUT2D eigenvalue weighted by atomic mass is 10.0. The molecule has 1 aliphatic heterocycles. The van der Waals surface area contributed by atoms with Gasteiger partial charge in [0.2, 0.25) is 0 Å². The van der Waals surface area contributed by atoms with Crippen LogP contribution < -0.4 is 4.90 Å². The lowest BCUT2D eigenvalue weighted by Crippen LogP contribution is -2.50. The summed E-state index contributed by atoms with van der Waals surface area (Å²) in [7, 11) is 1.81. The first-order valence-electron chi connectivity index (χ1n) is 8.45. The predicted molar refractivity (Wildman–Crippen MR) is 106 cm³/mol. The number of H-pyrrole nitrogens is 1. The third kappa shape index (κ3) is 4.16. The Morgan fingerprint density at radius 3 is 2.96 bits per heavy atom. The van der Waals surface area contributed by atoms with E-state index in [-0.39, 0.29) is 12.1 Å². The van der Waals surface area contributed by atoms with Crippen LogP contribution in [0.4, 0.5) is 10.6 Å². The summed E-state index contributed by atoms with van der Waals surface area (Å²) in [6.07, 6.45) is 5.39. The van der Waals surface area contributed by atoms with Gasteiger partial charge in [-0.25, -0.2) is 14.8 Å². The van der Waals surface area contributed by atoms with E-state index in [4.69, 9.17) is 9.72 Å². The molecule has 1 aliphatic rings. The minimum atomic E-state index is -0.485. The number of carbonyl (C=O) groups is 1. The average Bonchev–Trinajstić information content (AvgIpc) is 2.93. The molecule has 0 bridgehead atoms. The van der Waals surface area contributed by atoms with Crippen molar-refractivity contribution < 1.29 is 9.53 Å². The van der Waals surface area contributed by atoms with Crippen molar-refractivity contribution in [1.29, 1.82) is 0 Å². The molecule has 7 nitrogen and oxygen atoms in total. The molecule has 8 heteroatoms. The third-order valence-corrected chi connectivity index (χ3v) is 5.09. The molecule has 1 N–H and O–H groups in total. The molecule has 136 valence electrons. The highest BCUT2D eigenvalue weighted by atomic mass is 127. The van der Waals surface area contributed by atoms with E-state index < -0.39 is 5.60 Å². The molecule has 0 aromatic carbocycles. The van der Waals surface area contributed by atoms with Gasteiger partial charge in [-0.2, -0.15) is 0 Å². The molecule has 0 spiro atoms. The predicted octanol–water partition coefficient (Wildman–Crippen LogP) is 3.40. The highest BCUT2D eigenvalue weighted by molar-refractivity contribution is 14.1. The Morgan fingerprint density at radius 2 is 2.24 bits per heavy atom. The van der Waals surface area contributed by atoms with Gasteiger partial charge < -0.3 is 19.5 Å². The highest BCUT2D eigenvalue weighted by Gasteiger charge is 2.29. The molecule has 1 amide bonds. The van der Waals surface area contributed by atoms with Gasteiger partial charge in [0.05, 0.1) is 15.8 Å². The summed E-state index contributed by atoms with van der Waals surface area (Å²) in [6, 6.07) is 0.103. The normalized spacial score (nSPS) is 18.4. The van der Waals surface area contributed by atoms with Crippen LogP contribution in [-0.2, 0) is 4.74 Å². The van der Waals surface area contributed by atoms with Crippen molar-refractivity contribution in [2.75, 3.05) is 25.0 Å². The number of halogens is 1. The van der Waals surface area contributed by atoms with E-state index in [2.05, 4.69) is 37.5 Å². The smallest absolute Gasteiger partial charge is 0.410 e. The van der Waals surface area contributed by atoms with Crippen molar-refractivity contribution in [3.8, 4) is 0 Å². The Balaban J connectivity index is 1.73. The Hall–Kier alpha value is -1.58. The van der Waals surface area contributed by atoms with E-state index in [0.717, 1.165) is 46.5 Å². The summed E-state index contributed by atoms with van der Waals surface area (Å²) in [6.45, 7) is 7.30. The number of nitrogens with one attached hydrogen (secondary N) is 1. The fourth-order valence-electron chi connectivity index (χ4n) is 2.97. The number of piperidine rings is 1. The molecule has 0 aliphatic carbocycles. The van der Waals surface area contributed by atoms with E-state index in [1.165, 1.54) is 0 Å².